The van der Waals surface area contributed by atoms with Gasteiger partial charge >= 0.3 is 0 Å². The Morgan fingerprint density at radius 1 is 1.04 bits per heavy atom. The van der Waals surface area contributed by atoms with Crippen LogP contribution in [0.4, 0.5) is 5.82 Å². The van der Waals surface area contributed by atoms with Crippen molar-refractivity contribution in [2.45, 2.75) is 65.3 Å². The van der Waals surface area contributed by atoms with Gasteiger partial charge in [0.05, 0.1) is 0 Å². The van der Waals surface area contributed by atoms with Crippen LogP contribution in [-0.4, -0.2) is 21.2 Å². The lowest BCUT2D eigenvalue weighted by Gasteiger charge is -2.19. The molecule has 0 atom stereocenters. The van der Waals surface area contributed by atoms with Crippen molar-refractivity contribution in [2.75, 3.05) is 5.32 Å². The number of fused-ring (bicyclic) bond motifs is 1. The van der Waals surface area contributed by atoms with Crippen molar-refractivity contribution in [3.05, 3.63) is 35.2 Å². The van der Waals surface area contributed by atoms with Crippen LogP contribution in [0.3, 0.4) is 0 Å². The first kappa shape index (κ1) is 17.7. The van der Waals surface area contributed by atoms with E-state index in [1.54, 1.807) is 0 Å². The summed E-state index contributed by atoms with van der Waals surface area (Å²) in [5.74, 6) is 3.32. The highest BCUT2D eigenvalue weighted by molar-refractivity contribution is 5.94. The summed E-state index contributed by atoms with van der Waals surface area (Å²) in [5.41, 5.74) is 5.78. The number of hydrogen-bond donors (Lipinski definition) is 1. The summed E-state index contributed by atoms with van der Waals surface area (Å²) in [4.78, 5) is 9.37. The molecule has 1 aromatic carbocycles. The molecule has 2 fully saturated rings. The lowest BCUT2D eigenvalue weighted by atomic mass is 10.0. The zero-order chi connectivity index (χ0) is 19.3. The van der Waals surface area contributed by atoms with E-state index in [0.29, 0.717) is 11.6 Å². The summed E-state index contributed by atoms with van der Waals surface area (Å²) in [7, 11) is 0. The van der Waals surface area contributed by atoms with Gasteiger partial charge in [-0.25, -0.2) is 9.97 Å². The van der Waals surface area contributed by atoms with E-state index >= 15 is 0 Å². The fourth-order valence-electron chi connectivity index (χ4n) is 4.22. The van der Waals surface area contributed by atoms with Gasteiger partial charge in [0.1, 0.15) is 17.0 Å². The third-order valence-corrected chi connectivity index (χ3v) is 6.04. The van der Waals surface area contributed by atoms with Crippen LogP contribution in [0.1, 0.15) is 55.5 Å². The molecule has 146 valence electrons. The number of benzene rings is 1. The maximum atomic E-state index is 5.78. The first-order chi connectivity index (χ1) is 13.6. The molecule has 5 nitrogen and oxygen atoms in total. The topological polar surface area (TPSA) is 63.8 Å². The minimum absolute atomic E-state index is 0.465. The van der Waals surface area contributed by atoms with Crippen LogP contribution < -0.4 is 5.32 Å². The molecule has 5 heteroatoms. The van der Waals surface area contributed by atoms with E-state index in [4.69, 9.17) is 4.52 Å². The van der Waals surface area contributed by atoms with Crippen LogP contribution in [0, 0.1) is 32.6 Å². The number of nitrogens with zero attached hydrogens (tertiary/aromatic N) is 3. The third-order valence-electron chi connectivity index (χ3n) is 6.04. The van der Waals surface area contributed by atoms with E-state index < -0.39 is 0 Å². The molecule has 5 rings (SSSR count). The number of aromatic nitrogens is 3. The van der Waals surface area contributed by atoms with E-state index in [1.165, 1.54) is 49.7 Å². The molecule has 2 aromatic heterocycles. The Bertz CT molecular complexity index is 1000. The van der Waals surface area contributed by atoms with Gasteiger partial charge in [-0.1, -0.05) is 54.6 Å². The minimum atomic E-state index is 0.465. The summed E-state index contributed by atoms with van der Waals surface area (Å²) in [5, 5.41) is 8.10. The molecule has 0 amide bonds. The standard InChI is InChI=1S/C23H28N4O/c1-13-4-9-19(14(2)10-13)20-21-22(28-27-20)23(25-15(3)24-21)26-18(11-16-5-6-16)12-17-7-8-17/h4,9-10,16-18H,5-8,11-12H2,1-3H3,(H,24,25,26). The molecule has 28 heavy (non-hydrogen) atoms. The lowest BCUT2D eigenvalue weighted by Crippen LogP contribution is -2.22. The van der Waals surface area contributed by atoms with Gasteiger partial charge in [-0.15, -0.1) is 0 Å². The normalized spacial score (nSPS) is 16.9. The van der Waals surface area contributed by atoms with E-state index in [2.05, 4.69) is 52.5 Å². The first-order valence-corrected chi connectivity index (χ1v) is 10.5. The highest BCUT2D eigenvalue weighted by atomic mass is 16.5. The van der Waals surface area contributed by atoms with Crippen molar-refractivity contribution in [1.29, 1.82) is 0 Å². The molecule has 2 heterocycles. The number of hydrogen-bond acceptors (Lipinski definition) is 5. The van der Waals surface area contributed by atoms with Crippen LogP contribution in [0.15, 0.2) is 22.7 Å². The average Bonchev–Trinajstić information content (AvgIpc) is 3.56. The van der Waals surface area contributed by atoms with Crippen molar-refractivity contribution >= 4 is 16.9 Å². The van der Waals surface area contributed by atoms with E-state index in [-0.39, 0.29) is 0 Å². The maximum Gasteiger partial charge on any atom is 0.228 e. The summed E-state index contributed by atoms with van der Waals surface area (Å²) < 4.78 is 5.78. The zero-order valence-electron chi connectivity index (χ0n) is 17.0. The predicted octanol–water partition coefficient (Wildman–Crippen LogP) is 5.59. The monoisotopic (exact) mass is 376 g/mol. The molecule has 1 N–H and O–H groups in total. The first-order valence-electron chi connectivity index (χ1n) is 10.5. The Morgan fingerprint density at radius 2 is 1.75 bits per heavy atom. The molecule has 0 radical (unpaired) electrons. The highest BCUT2D eigenvalue weighted by Gasteiger charge is 2.31. The Hall–Kier alpha value is -2.43. The predicted molar refractivity (Wildman–Crippen MR) is 111 cm³/mol. The van der Waals surface area contributed by atoms with Crippen molar-refractivity contribution in [3.8, 4) is 11.3 Å². The molecule has 0 spiro atoms. The van der Waals surface area contributed by atoms with Gasteiger partial charge in [0.2, 0.25) is 5.58 Å². The van der Waals surface area contributed by atoms with Crippen LogP contribution in [0.5, 0.6) is 0 Å². The van der Waals surface area contributed by atoms with Crippen molar-refractivity contribution < 1.29 is 4.52 Å². The molecule has 0 unspecified atom stereocenters. The third kappa shape index (κ3) is 3.62. The van der Waals surface area contributed by atoms with Crippen LogP contribution in [-0.2, 0) is 0 Å². The number of anilines is 1. The van der Waals surface area contributed by atoms with E-state index in [1.807, 2.05) is 6.92 Å². The zero-order valence-corrected chi connectivity index (χ0v) is 17.0. The van der Waals surface area contributed by atoms with Crippen LogP contribution in [0.2, 0.25) is 0 Å². The van der Waals surface area contributed by atoms with Gasteiger partial charge in [-0.05, 0) is 51.0 Å². The average molecular weight is 377 g/mol. The van der Waals surface area contributed by atoms with Crippen molar-refractivity contribution in [2.24, 2.45) is 11.8 Å². The second-order valence-corrected chi connectivity index (χ2v) is 8.85. The van der Waals surface area contributed by atoms with Gasteiger partial charge in [0.15, 0.2) is 5.82 Å². The SMILES string of the molecule is Cc1ccc(-c2noc3c(NC(CC4CC4)CC4CC4)nc(C)nc23)c(C)c1. The second-order valence-electron chi connectivity index (χ2n) is 8.85. The minimum Gasteiger partial charge on any atom is -0.364 e. The number of rotatable bonds is 7. The van der Waals surface area contributed by atoms with Gasteiger partial charge in [-0.2, -0.15) is 0 Å². The molecular weight excluding hydrogens is 348 g/mol. The molecule has 2 saturated carbocycles. The smallest absolute Gasteiger partial charge is 0.228 e. The second kappa shape index (κ2) is 6.87. The Labute approximate surface area is 165 Å². The van der Waals surface area contributed by atoms with E-state index in [9.17, 15) is 0 Å². The van der Waals surface area contributed by atoms with Gasteiger partial charge in [0, 0.05) is 11.6 Å². The molecule has 0 aliphatic heterocycles. The summed E-state index contributed by atoms with van der Waals surface area (Å²) in [6.07, 6.45) is 7.97. The van der Waals surface area contributed by atoms with Gasteiger partial charge < -0.3 is 9.84 Å². The van der Waals surface area contributed by atoms with Crippen LogP contribution in [0.25, 0.3) is 22.4 Å². The molecule has 2 aliphatic carbocycles. The fourth-order valence-corrected chi connectivity index (χ4v) is 4.22. The fraction of sp³-hybridized carbons (Fsp3) is 0.522. The number of aryl methyl sites for hydroxylation is 3. The lowest BCUT2D eigenvalue weighted by molar-refractivity contribution is 0.457. The van der Waals surface area contributed by atoms with Crippen molar-refractivity contribution in [3.63, 3.8) is 0 Å². The molecule has 3 aromatic rings. The van der Waals surface area contributed by atoms with Gasteiger partial charge in [-0.3, -0.25) is 0 Å². The van der Waals surface area contributed by atoms with Gasteiger partial charge in [0.25, 0.3) is 0 Å². The largest absolute Gasteiger partial charge is 0.364 e. The summed E-state index contributed by atoms with van der Waals surface area (Å²) >= 11 is 0. The number of nitrogens with one attached hydrogen (secondary N) is 1. The molecule has 0 saturated heterocycles. The molecule has 0 bridgehead atoms. The molecular formula is C23H28N4O. The highest BCUT2D eigenvalue weighted by Crippen LogP contribution is 2.40. The Morgan fingerprint density at radius 3 is 2.39 bits per heavy atom. The van der Waals surface area contributed by atoms with E-state index in [0.717, 1.165) is 40.3 Å². The Balaban J connectivity index is 1.51. The maximum absolute atomic E-state index is 5.78. The quantitative estimate of drug-likeness (QED) is 0.582. The molecule has 2 aliphatic rings. The summed E-state index contributed by atoms with van der Waals surface area (Å²) in [6, 6.07) is 6.85. The van der Waals surface area contributed by atoms with Crippen molar-refractivity contribution in [1.82, 2.24) is 15.1 Å². The van der Waals surface area contributed by atoms with Crippen LogP contribution >= 0.6 is 0 Å². The Kier molecular flexibility index (Phi) is 4.33. The summed E-state index contributed by atoms with van der Waals surface area (Å²) in [6.45, 7) is 6.16.